The van der Waals surface area contributed by atoms with Gasteiger partial charge in [0.05, 0.1) is 11.8 Å². The van der Waals surface area contributed by atoms with Gasteiger partial charge in [-0.05, 0) is 30.4 Å². The van der Waals surface area contributed by atoms with Crippen molar-refractivity contribution in [1.29, 1.82) is 0 Å². The summed E-state index contributed by atoms with van der Waals surface area (Å²) in [5, 5.41) is 5.00. The highest BCUT2D eigenvalue weighted by molar-refractivity contribution is 7.80. The van der Waals surface area contributed by atoms with Crippen molar-refractivity contribution in [3.63, 3.8) is 0 Å². The smallest absolute Gasteiger partial charge is 0.269 e. The third-order valence-corrected chi connectivity index (χ3v) is 2.76. The monoisotopic (exact) mass is 304 g/mol. The van der Waals surface area contributed by atoms with Crippen LogP contribution in [0.5, 0.6) is 5.75 Å². The number of thiazole rings is 1. The van der Waals surface area contributed by atoms with Crippen LogP contribution in [0, 0.1) is 0 Å². The fourth-order valence-electron chi connectivity index (χ4n) is 1.25. The molecule has 0 unspecified atom stereocenters. The van der Waals surface area contributed by atoms with Crippen molar-refractivity contribution in [1.82, 2.24) is 4.98 Å². The van der Waals surface area contributed by atoms with E-state index in [2.05, 4.69) is 10.3 Å². The minimum absolute atomic E-state index is 0.260. The largest absolute Gasteiger partial charge is 0.449 e. The Balaban J connectivity index is 0.000000247. The third kappa shape index (κ3) is 5.21. The lowest BCUT2D eigenvalue weighted by Crippen LogP contribution is -2.15. The molecule has 6 heteroatoms. The summed E-state index contributed by atoms with van der Waals surface area (Å²) in [5.41, 5.74) is 1.79. The number of rotatable bonds is 2. The summed E-state index contributed by atoms with van der Waals surface area (Å²) in [5.74, 6) is 1.26. The van der Waals surface area contributed by atoms with Gasteiger partial charge >= 0.3 is 0 Å². The van der Waals surface area contributed by atoms with Crippen LogP contribution in [0.1, 0.15) is 0 Å². The molecule has 3 rings (SSSR count). The van der Waals surface area contributed by atoms with Crippen molar-refractivity contribution in [2.45, 2.75) is 0 Å². The van der Waals surface area contributed by atoms with Crippen LogP contribution in [0.4, 0.5) is 5.88 Å². The number of nitrogens with one attached hydrogen (secondary N) is 1. The second-order valence-corrected chi connectivity index (χ2v) is 4.61. The van der Waals surface area contributed by atoms with Gasteiger partial charge in [0.25, 0.3) is 5.17 Å². The molecule has 4 nitrogen and oxygen atoms in total. The zero-order valence-corrected chi connectivity index (χ0v) is 12.1. The topological polar surface area (TPSA) is 47.3 Å². The summed E-state index contributed by atoms with van der Waals surface area (Å²) in [4.78, 5) is 3.74. The zero-order chi connectivity index (χ0) is 14.0. The van der Waals surface area contributed by atoms with Gasteiger partial charge in [-0.3, -0.25) is 10.3 Å². The molecule has 0 spiro atoms. The molecule has 3 aromatic rings. The average Bonchev–Trinajstić information content (AvgIpc) is 3.15. The van der Waals surface area contributed by atoms with E-state index < -0.39 is 0 Å². The number of benzene rings is 1. The molecule has 0 aliphatic heterocycles. The minimum Gasteiger partial charge on any atom is -0.449 e. The lowest BCUT2D eigenvalue weighted by molar-refractivity contribution is 0.549. The van der Waals surface area contributed by atoms with Gasteiger partial charge in [0.15, 0.2) is 5.88 Å². The van der Waals surface area contributed by atoms with Crippen LogP contribution in [0.2, 0.25) is 0 Å². The Morgan fingerprint density at radius 2 is 2.05 bits per heavy atom. The highest BCUT2D eigenvalue weighted by Gasteiger charge is 2.01. The van der Waals surface area contributed by atoms with E-state index in [0.717, 1.165) is 0 Å². The summed E-state index contributed by atoms with van der Waals surface area (Å²) in [6, 6.07) is 12.9. The maximum atomic E-state index is 5.35. The molecule has 0 atom stereocenters. The number of para-hydroxylation sites is 1. The van der Waals surface area contributed by atoms with Gasteiger partial charge in [0.1, 0.15) is 5.75 Å². The van der Waals surface area contributed by atoms with Gasteiger partial charge in [-0.2, -0.15) is 0 Å². The van der Waals surface area contributed by atoms with Crippen molar-refractivity contribution in [3.8, 4) is 5.75 Å². The first kappa shape index (κ1) is 14.2. The molecule has 102 valence electrons. The lowest BCUT2D eigenvalue weighted by Gasteiger charge is -2.06. The number of hydrogen-bond acceptors (Lipinski definition) is 5. The highest BCUT2D eigenvalue weighted by Crippen LogP contribution is 2.11. The van der Waals surface area contributed by atoms with Gasteiger partial charge < -0.3 is 9.15 Å². The standard InChI is InChI=1S/C11H9NO2S.C3H3NS/c15-11(12-10-7-4-8-13-10)14-9-5-2-1-3-6-9;1-2-5-3-4-1/h1-8H,(H,12,15);1-3H. The minimum atomic E-state index is 0.260. The summed E-state index contributed by atoms with van der Waals surface area (Å²) in [6.45, 7) is 0. The SMILES string of the molecule is S=C(Nc1ccco1)Oc1ccccc1.c1cscn1. The number of hydrogen-bond donors (Lipinski definition) is 1. The fourth-order valence-corrected chi connectivity index (χ4v) is 1.80. The first-order valence-electron chi connectivity index (χ1n) is 5.74. The summed E-state index contributed by atoms with van der Waals surface area (Å²) in [6.07, 6.45) is 3.33. The molecule has 1 N–H and O–H groups in total. The Morgan fingerprint density at radius 3 is 2.60 bits per heavy atom. The van der Waals surface area contributed by atoms with Crippen LogP contribution in [-0.2, 0) is 0 Å². The first-order valence-corrected chi connectivity index (χ1v) is 7.09. The fraction of sp³-hybridized carbons (Fsp3) is 0. The number of ether oxygens (including phenoxy) is 1. The number of aromatic nitrogens is 1. The van der Waals surface area contributed by atoms with Crippen molar-refractivity contribution in [2.24, 2.45) is 0 Å². The molecule has 2 heterocycles. The molecule has 0 aliphatic carbocycles. The van der Waals surface area contributed by atoms with E-state index in [1.54, 1.807) is 41.4 Å². The number of thiocarbonyl (C=S) groups is 1. The molecule has 0 bridgehead atoms. The second-order valence-electron chi connectivity index (χ2n) is 3.48. The van der Waals surface area contributed by atoms with E-state index in [4.69, 9.17) is 21.4 Å². The zero-order valence-electron chi connectivity index (χ0n) is 10.4. The summed E-state index contributed by atoms with van der Waals surface area (Å²) >= 11 is 6.59. The molecule has 0 radical (unpaired) electrons. The highest BCUT2D eigenvalue weighted by atomic mass is 32.1. The Labute approximate surface area is 126 Å². The molecule has 2 aromatic heterocycles. The number of nitrogens with zero attached hydrogens (tertiary/aromatic N) is 1. The number of anilines is 1. The second kappa shape index (κ2) is 8.08. The van der Waals surface area contributed by atoms with E-state index in [9.17, 15) is 0 Å². The molecule has 0 fully saturated rings. The van der Waals surface area contributed by atoms with Gasteiger partial charge in [0, 0.05) is 17.6 Å². The third-order valence-electron chi connectivity index (χ3n) is 2.05. The maximum absolute atomic E-state index is 5.35. The van der Waals surface area contributed by atoms with E-state index in [-0.39, 0.29) is 5.17 Å². The van der Waals surface area contributed by atoms with Crippen LogP contribution in [0.15, 0.2) is 70.2 Å². The van der Waals surface area contributed by atoms with Crippen LogP contribution < -0.4 is 10.1 Å². The van der Waals surface area contributed by atoms with Crippen LogP contribution in [0.3, 0.4) is 0 Å². The number of furan rings is 1. The van der Waals surface area contributed by atoms with Gasteiger partial charge in [-0.15, -0.1) is 11.3 Å². The van der Waals surface area contributed by atoms with E-state index in [1.807, 2.05) is 35.7 Å². The average molecular weight is 304 g/mol. The maximum Gasteiger partial charge on any atom is 0.269 e. The summed E-state index contributed by atoms with van der Waals surface area (Å²) < 4.78 is 10.4. The van der Waals surface area contributed by atoms with E-state index >= 15 is 0 Å². The quantitative estimate of drug-likeness (QED) is 0.719. The molecular formula is C14H12N2O2S2. The molecule has 20 heavy (non-hydrogen) atoms. The van der Waals surface area contributed by atoms with Gasteiger partial charge in [-0.1, -0.05) is 18.2 Å². The van der Waals surface area contributed by atoms with Crippen LogP contribution in [-0.4, -0.2) is 10.2 Å². The Kier molecular flexibility index (Phi) is 5.75. The molecule has 0 saturated carbocycles. The molecule has 1 aromatic carbocycles. The predicted octanol–water partition coefficient (Wildman–Crippen LogP) is 4.20. The Hall–Kier alpha value is -2.18. The van der Waals surface area contributed by atoms with Crippen molar-refractivity contribution >= 4 is 34.6 Å². The molecule has 0 amide bonds. The van der Waals surface area contributed by atoms with Crippen molar-refractivity contribution < 1.29 is 9.15 Å². The first-order chi connectivity index (χ1) is 9.84. The van der Waals surface area contributed by atoms with E-state index in [0.29, 0.717) is 11.6 Å². The van der Waals surface area contributed by atoms with Gasteiger partial charge in [-0.25, -0.2) is 0 Å². The Bertz CT molecular complexity index is 578. The lowest BCUT2D eigenvalue weighted by atomic mass is 10.3. The van der Waals surface area contributed by atoms with Gasteiger partial charge in [0.2, 0.25) is 0 Å². The van der Waals surface area contributed by atoms with Crippen LogP contribution in [0.25, 0.3) is 0 Å². The molecule has 0 aliphatic rings. The van der Waals surface area contributed by atoms with Crippen LogP contribution >= 0.6 is 23.6 Å². The van der Waals surface area contributed by atoms with E-state index in [1.165, 1.54) is 0 Å². The predicted molar refractivity (Wildman–Crippen MR) is 84.1 cm³/mol. The molecular weight excluding hydrogens is 292 g/mol. The normalized spacial score (nSPS) is 9.20. The summed E-state index contributed by atoms with van der Waals surface area (Å²) in [7, 11) is 0. The molecule has 0 saturated heterocycles. The Morgan fingerprint density at radius 1 is 1.20 bits per heavy atom. The van der Waals surface area contributed by atoms with Crippen molar-refractivity contribution in [2.75, 3.05) is 5.32 Å². The van der Waals surface area contributed by atoms with Crippen molar-refractivity contribution in [3.05, 3.63) is 65.8 Å².